The Kier molecular flexibility index (Phi) is 9.50. The summed E-state index contributed by atoms with van der Waals surface area (Å²) in [4.78, 5) is 28.7. The highest BCUT2D eigenvalue weighted by Gasteiger charge is 2.28. The summed E-state index contributed by atoms with van der Waals surface area (Å²) in [6.07, 6.45) is 3.36. The molecule has 0 spiro atoms. The van der Waals surface area contributed by atoms with Crippen LogP contribution in [0.25, 0.3) is 10.4 Å². The number of primary sulfonamides is 1. The summed E-state index contributed by atoms with van der Waals surface area (Å²) in [5, 5.41) is 16.7. The predicted molar refractivity (Wildman–Crippen MR) is 152 cm³/mol. The number of methoxy groups -OCH3 is 1. The van der Waals surface area contributed by atoms with Crippen LogP contribution in [0.3, 0.4) is 0 Å². The summed E-state index contributed by atoms with van der Waals surface area (Å²) < 4.78 is 41.3. The molecule has 4 N–H and O–H groups in total. The van der Waals surface area contributed by atoms with Gasteiger partial charge >= 0.3 is 12.2 Å². The molecule has 0 radical (unpaired) electrons. The van der Waals surface area contributed by atoms with Crippen LogP contribution in [0.4, 0.5) is 21.1 Å². The molecular formula is C26H34N6O7S2. The Hall–Kier alpha value is -3.69. The molecule has 0 aliphatic heterocycles. The van der Waals surface area contributed by atoms with Crippen molar-refractivity contribution in [1.82, 2.24) is 20.1 Å². The van der Waals surface area contributed by atoms with E-state index in [0.717, 1.165) is 41.3 Å². The fourth-order valence-electron chi connectivity index (χ4n) is 4.63. The molecule has 1 saturated carbocycles. The lowest BCUT2D eigenvalue weighted by molar-refractivity contribution is 0.0455. The summed E-state index contributed by atoms with van der Waals surface area (Å²) in [6, 6.07) is 6.57. The second kappa shape index (κ2) is 12.9. The van der Waals surface area contributed by atoms with Gasteiger partial charge in [0.15, 0.2) is 6.73 Å². The number of carbonyl (C=O) groups is 2. The smallest absolute Gasteiger partial charge is 0.447 e. The molecule has 2 aromatic heterocycles. The number of hydrogen-bond donors (Lipinski definition) is 3. The SMILES string of the molecule is COC(=O)OCn1nccc1Nc1ccc(-c2sc([C@H]3CC[C@H](NC(=O)OC(C)C)CC3)nc2C)c(S(N)(=O)=O)c1. The summed E-state index contributed by atoms with van der Waals surface area (Å²) in [5.74, 6) is 0.666. The van der Waals surface area contributed by atoms with Crippen LogP contribution in [-0.4, -0.2) is 54.7 Å². The molecule has 2 heterocycles. The molecule has 15 heteroatoms. The van der Waals surface area contributed by atoms with Gasteiger partial charge in [0.1, 0.15) is 5.82 Å². The van der Waals surface area contributed by atoms with Crippen LogP contribution < -0.4 is 15.8 Å². The number of aryl methyl sites for hydroxylation is 1. The first-order valence-corrected chi connectivity index (χ1v) is 15.4. The van der Waals surface area contributed by atoms with E-state index in [9.17, 15) is 18.0 Å². The van der Waals surface area contributed by atoms with E-state index < -0.39 is 22.3 Å². The molecule has 1 amide bonds. The first-order valence-electron chi connectivity index (χ1n) is 13.1. The van der Waals surface area contributed by atoms with Crippen LogP contribution in [0.15, 0.2) is 35.4 Å². The van der Waals surface area contributed by atoms with Crippen LogP contribution >= 0.6 is 11.3 Å². The number of aromatic nitrogens is 3. The lowest BCUT2D eigenvalue weighted by Gasteiger charge is -2.28. The van der Waals surface area contributed by atoms with Crippen molar-refractivity contribution in [2.45, 2.75) is 76.1 Å². The molecule has 0 saturated heterocycles. The summed E-state index contributed by atoms with van der Waals surface area (Å²) in [6.45, 7) is 5.27. The standard InChI is InChI=1S/C26H34N6O7S2/c1-15(2)39-25(33)31-18-7-5-17(6-8-18)24-29-16(3)23(40-24)20-10-9-19(13-21(20)41(27,35)36)30-22-11-12-28-32(22)14-38-26(34)37-4/h9-13,15,17-18,30H,5-8,14H2,1-4H3,(H,31,33)(H2,27,35,36)/t17-,18-. The van der Waals surface area contributed by atoms with Crippen LogP contribution in [0.5, 0.6) is 0 Å². The third kappa shape index (κ3) is 7.74. The van der Waals surface area contributed by atoms with Gasteiger partial charge in [-0.25, -0.2) is 32.8 Å². The maximum absolute atomic E-state index is 12.7. The minimum Gasteiger partial charge on any atom is -0.447 e. The van der Waals surface area contributed by atoms with E-state index in [2.05, 4.69) is 20.5 Å². The number of benzene rings is 1. The predicted octanol–water partition coefficient (Wildman–Crippen LogP) is 4.61. The van der Waals surface area contributed by atoms with Gasteiger partial charge < -0.3 is 24.8 Å². The van der Waals surface area contributed by atoms with E-state index in [1.54, 1.807) is 18.2 Å². The van der Waals surface area contributed by atoms with Crippen molar-refractivity contribution in [3.8, 4) is 10.4 Å². The lowest BCUT2D eigenvalue weighted by Crippen LogP contribution is -2.38. The van der Waals surface area contributed by atoms with Crippen molar-refractivity contribution in [3.63, 3.8) is 0 Å². The number of sulfonamides is 1. The fraction of sp³-hybridized carbons (Fsp3) is 0.462. The van der Waals surface area contributed by atoms with E-state index in [0.29, 0.717) is 17.1 Å². The van der Waals surface area contributed by atoms with Crippen molar-refractivity contribution in [3.05, 3.63) is 41.2 Å². The first kappa shape index (κ1) is 30.3. The molecule has 4 rings (SSSR count). The number of nitrogens with one attached hydrogen (secondary N) is 2. The zero-order valence-corrected chi connectivity index (χ0v) is 24.9. The second-order valence-corrected chi connectivity index (χ2v) is 12.5. The number of anilines is 2. The lowest BCUT2D eigenvalue weighted by atomic mass is 9.86. The Labute approximate surface area is 242 Å². The molecule has 0 bridgehead atoms. The third-order valence-electron chi connectivity index (χ3n) is 6.55. The van der Waals surface area contributed by atoms with Gasteiger partial charge in [-0.2, -0.15) is 5.10 Å². The van der Waals surface area contributed by atoms with Crippen molar-refractivity contribution < 1.29 is 32.2 Å². The number of nitrogens with zero attached hydrogens (tertiary/aromatic N) is 3. The normalized spacial score (nSPS) is 17.2. The molecule has 1 aliphatic carbocycles. The third-order valence-corrected chi connectivity index (χ3v) is 8.85. The van der Waals surface area contributed by atoms with E-state index >= 15 is 0 Å². The van der Waals surface area contributed by atoms with Gasteiger partial charge in [0.05, 0.1) is 39.9 Å². The van der Waals surface area contributed by atoms with Crippen molar-refractivity contribution in [2.75, 3.05) is 12.4 Å². The number of ether oxygens (including phenoxy) is 3. The Morgan fingerprint density at radius 3 is 2.59 bits per heavy atom. The number of nitrogens with two attached hydrogens (primary N) is 1. The van der Waals surface area contributed by atoms with Gasteiger partial charge in [0, 0.05) is 29.3 Å². The van der Waals surface area contributed by atoms with Crippen LogP contribution in [0, 0.1) is 6.92 Å². The number of alkyl carbamates (subject to hydrolysis) is 1. The van der Waals surface area contributed by atoms with Crippen molar-refractivity contribution >= 4 is 45.1 Å². The Morgan fingerprint density at radius 2 is 1.93 bits per heavy atom. The molecule has 13 nitrogen and oxygen atoms in total. The highest BCUT2D eigenvalue weighted by Crippen LogP contribution is 2.41. The average molecular weight is 607 g/mol. The Morgan fingerprint density at radius 1 is 1.20 bits per heavy atom. The van der Waals surface area contributed by atoms with E-state index in [1.165, 1.54) is 35.4 Å². The molecule has 1 fully saturated rings. The van der Waals surface area contributed by atoms with Gasteiger partial charge in [-0.3, -0.25) is 0 Å². The highest BCUT2D eigenvalue weighted by atomic mass is 32.2. The minimum atomic E-state index is -4.10. The summed E-state index contributed by atoms with van der Waals surface area (Å²) in [7, 11) is -2.90. The van der Waals surface area contributed by atoms with Crippen LogP contribution in [0.1, 0.15) is 56.2 Å². The van der Waals surface area contributed by atoms with Crippen LogP contribution in [0.2, 0.25) is 0 Å². The fourth-order valence-corrected chi connectivity index (χ4v) is 6.73. The number of hydrogen-bond acceptors (Lipinski definition) is 11. The molecule has 1 aromatic carbocycles. The average Bonchev–Trinajstić information content (AvgIpc) is 3.52. The molecule has 41 heavy (non-hydrogen) atoms. The zero-order valence-electron chi connectivity index (χ0n) is 23.2. The molecule has 3 aromatic rings. The number of thiazole rings is 1. The topological polar surface area (TPSA) is 177 Å². The molecule has 0 atom stereocenters. The molecule has 0 unspecified atom stereocenters. The molecular weight excluding hydrogens is 572 g/mol. The molecule has 222 valence electrons. The highest BCUT2D eigenvalue weighted by molar-refractivity contribution is 7.89. The maximum Gasteiger partial charge on any atom is 0.509 e. The second-order valence-electron chi connectivity index (χ2n) is 9.94. The van der Waals surface area contributed by atoms with Crippen LogP contribution in [-0.2, 0) is 31.0 Å². The zero-order chi connectivity index (χ0) is 29.7. The summed E-state index contributed by atoms with van der Waals surface area (Å²) >= 11 is 1.46. The van der Waals surface area contributed by atoms with Gasteiger partial charge in [-0.1, -0.05) is 6.07 Å². The first-order chi connectivity index (χ1) is 19.4. The Balaban J connectivity index is 1.51. The number of rotatable bonds is 9. The van der Waals surface area contributed by atoms with Gasteiger partial charge in [-0.05, 0) is 58.6 Å². The minimum absolute atomic E-state index is 0.0470. The number of carbonyl (C=O) groups excluding carboxylic acids is 2. The largest absolute Gasteiger partial charge is 0.509 e. The van der Waals surface area contributed by atoms with E-state index in [-0.39, 0.29) is 29.7 Å². The summed E-state index contributed by atoms with van der Waals surface area (Å²) in [5.41, 5.74) is 1.63. The van der Waals surface area contributed by atoms with E-state index in [4.69, 9.17) is 19.6 Å². The van der Waals surface area contributed by atoms with E-state index in [1.807, 2.05) is 20.8 Å². The Bertz CT molecular complexity index is 1490. The van der Waals surface area contributed by atoms with Gasteiger partial charge in [0.2, 0.25) is 10.0 Å². The maximum atomic E-state index is 12.7. The van der Waals surface area contributed by atoms with Crippen molar-refractivity contribution in [1.29, 1.82) is 0 Å². The monoisotopic (exact) mass is 606 g/mol. The van der Waals surface area contributed by atoms with Gasteiger partial charge in [0.25, 0.3) is 0 Å². The van der Waals surface area contributed by atoms with Gasteiger partial charge in [-0.15, -0.1) is 11.3 Å². The quantitative estimate of drug-likeness (QED) is 0.292. The molecule has 1 aliphatic rings. The van der Waals surface area contributed by atoms with Crippen molar-refractivity contribution in [2.24, 2.45) is 5.14 Å². The number of amides is 1.